The molecule has 0 unspecified atom stereocenters. The highest BCUT2D eigenvalue weighted by atomic mass is 16.5. The van der Waals surface area contributed by atoms with Gasteiger partial charge in [-0.25, -0.2) is 0 Å². The van der Waals surface area contributed by atoms with Crippen molar-refractivity contribution in [2.75, 3.05) is 26.6 Å². The van der Waals surface area contributed by atoms with Crippen molar-refractivity contribution >= 4 is 5.69 Å². The molecule has 19 heavy (non-hydrogen) atoms. The summed E-state index contributed by atoms with van der Waals surface area (Å²) in [5, 5.41) is 3.15. The van der Waals surface area contributed by atoms with Gasteiger partial charge in [-0.2, -0.15) is 0 Å². The van der Waals surface area contributed by atoms with E-state index in [4.69, 9.17) is 9.47 Å². The fraction of sp³-hybridized carbons (Fsp3) is 0.250. The lowest BCUT2D eigenvalue weighted by atomic mass is 10.0. The minimum absolute atomic E-state index is 0.838. The molecule has 0 amide bonds. The zero-order chi connectivity index (χ0) is 13.8. The summed E-state index contributed by atoms with van der Waals surface area (Å²) in [5.74, 6) is 1.69. The van der Waals surface area contributed by atoms with Gasteiger partial charge in [0, 0.05) is 23.9 Å². The summed E-state index contributed by atoms with van der Waals surface area (Å²) in [6, 6.07) is 12.2. The van der Waals surface area contributed by atoms with E-state index < -0.39 is 0 Å². The van der Waals surface area contributed by atoms with Crippen molar-refractivity contribution in [2.24, 2.45) is 0 Å². The van der Waals surface area contributed by atoms with E-state index in [1.54, 1.807) is 14.2 Å². The van der Waals surface area contributed by atoms with E-state index >= 15 is 0 Å². The lowest BCUT2D eigenvalue weighted by Gasteiger charge is -2.15. The molecule has 100 valence electrons. The van der Waals surface area contributed by atoms with Crippen LogP contribution < -0.4 is 14.8 Å². The molecule has 0 aliphatic heterocycles. The third-order valence-corrected chi connectivity index (χ3v) is 3.24. The van der Waals surface area contributed by atoms with Crippen molar-refractivity contribution in [3.05, 3.63) is 42.0 Å². The van der Waals surface area contributed by atoms with Gasteiger partial charge in [-0.1, -0.05) is 12.1 Å². The summed E-state index contributed by atoms with van der Waals surface area (Å²) in [5.41, 5.74) is 4.28. The largest absolute Gasteiger partial charge is 0.496 e. The molecule has 0 saturated heterocycles. The molecule has 0 aliphatic carbocycles. The third-order valence-electron chi connectivity index (χ3n) is 3.24. The molecule has 3 heteroatoms. The molecule has 0 aliphatic rings. The molecule has 2 aromatic carbocycles. The Morgan fingerprint density at radius 1 is 1.00 bits per heavy atom. The number of nitrogens with one attached hydrogen (secondary N) is 1. The normalized spacial score (nSPS) is 10.1. The van der Waals surface area contributed by atoms with Gasteiger partial charge in [-0.15, -0.1) is 0 Å². The van der Waals surface area contributed by atoms with Crippen LogP contribution >= 0.6 is 0 Å². The van der Waals surface area contributed by atoms with Crippen LogP contribution in [-0.4, -0.2) is 21.3 Å². The van der Waals surface area contributed by atoms with Crippen molar-refractivity contribution in [1.29, 1.82) is 0 Å². The van der Waals surface area contributed by atoms with Gasteiger partial charge in [0.2, 0.25) is 0 Å². The van der Waals surface area contributed by atoms with Gasteiger partial charge in [0.25, 0.3) is 0 Å². The van der Waals surface area contributed by atoms with E-state index in [0.29, 0.717) is 0 Å². The third kappa shape index (κ3) is 2.50. The summed E-state index contributed by atoms with van der Waals surface area (Å²) in [6.07, 6.45) is 0. The average Bonchev–Trinajstić information content (AvgIpc) is 2.47. The first-order valence-electron chi connectivity index (χ1n) is 6.21. The number of anilines is 1. The summed E-state index contributed by atoms with van der Waals surface area (Å²) in [4.78, 5) is 0. The molecule has 0 bridgehead atoms. The van der Waals surface area contributed by atoms with Crippen LogP contribution in [0, 0.1) is 6.92 Å². The van der Waals surface area contributed by atoms with Crippen LogP contribution in [0.5, 0.6) is 11.5 Å². The summed E-state index contributed by atoms with van der Waals surface area (Å²) < 4.78 is 10.9. The Bertz CT molecular complexity index is 579. The summed E-state index contributed by atoms with van der Waals surface area (Å²) >= 11 is 0. The number of methoxy groups -OCH3 is 2. The first-order chi connectivity index (χ1) is 9.21. The molecular weight excluding hydrogens is 238 g/mol. The Kier molecular flexibility index (Phi) is 3.95. The van der Waals surface area contributed by atoms with E-state index in [-0.39, 0.29) is 0 Å². The Balaban J connectivity index is 2.58. The lowest BCUT2D eigenvalue weighted by Crippen LogP contribution is -1.95. The predicted molar refractivity (Wildman–Crippen MR) is 79.3 cm³/mol. The van der Waals surface area contributed by atoms with Crippen LogP contribution in [0.25, 0.3) is 11.1 Å². The molecule has 0 aromatic heterocycles. The van der Waals surface area contributed by atoms with Crippen molar-refractivity contribution < 1.29 is 9.47 Å². The molecule has 0 fully saturated rings. The van der Waals surface area contributed by atoms with E-state index in [1.165, 1.54) is 0 Å². The SMILES string of the molecule is CNc1cccc(-c2ccc(OC)c(C)c2OC)c1. The van der Waals surface area contributed by atoms with Crippen LogP contribution in [0.1, 0.15) is 5.56 Å². The quantitative estimate of drug-likeness (QED) is 0.905. The van der Waals surface area contributed by atoms with Crippen LogP contribution in [-0.2, 0) is 0 Å². The second-order valence-electron chi connectivity index (χ2n) is 4.30. The van der Waals surface area contributed by atoms with E-state index in [2.05, 4.69) is 17.4 Å². The van der Waals surface area contributed by atoms with E-state index in [9.17, 15) is 0 Å². The maximum Gasteiger partial charge on any atom is 0.133 e. The molecule has 0 atom stereocenters. The fourth-order valence-corrected chi connectivity index (χ4v) is 2.23. The van der Waals surface area contributed by atoms with Gasteiger partial charge >= 0.3 is 0 Å². The first-order valence-corrected chi connectivity index (χ1v) is 6.21. The Labute approximate surface area is 114 Å². The smallest absolute Gasteiger partial charge is 0.133 e. The van der Waals surface area contributed by atoms with Crippen LogP contribution in [0.2, 0.25) is 0 Å². The standard InChI is InChI=1S/C16H19NO2/c1-11-15(18-3)9-8-14(16(11)19-4)12-6-5-7-13(10-12)17-2/h5-10,17H,1-4H3. The number of benzene rings is 2. The van der Waals surface area contributed by atoms with Crippen molar-refractivity contribution in [1.82, 2.24) is 0 Å². The number of hydrogen-bond acceptors (Lipinski definition) is 3. The number of ether oxygens (including phenoxy) is 2. The van der Waals surface area contributed by atoms with Gasteiger partial charge in [0.15, 0.2) is 0 Å². The van der Waals surface area contributed by atoms with Gasteiger partial charge < -0.3 is 14.8 Å². The second-order valence-corrected chi connectivity index (χ2v) is 4.30. The van der Waals surface area contributed by atoms with E-state index in [1.807, 2.05) is 38.2 Å². The monoisotopic (exact) mass is 257 g/mol. The second kappa shape index (κ2) is 5.65. The summed E-state index contributed by atoms with van der Waals surface area (Å²) in [7, 11) is 5.27. The maximum absolute atomic E-state index is 5.55. The minimum Gasteiger partial charge on any atom is -0.496 e. The zero-order valence-corrected chi connectivity index (χ0v) is 11.8. The fourth-order valence-electron chi connectivity index (χ4n) is 2.23. The van der Waals surface area contributed by atoms with Crippen LogP contribution in [0.15, 0.2) is 36.4 Å². The first kappa shape index (κ1) is 13.3. The minimum atomic E-state index is 0.838. The van der Waals surface area contributed by atoms with E-state index in [0.717, 1.165) is 33.9 Å². The molecule has 2 rings (SSSR count). The molecular formula is C16H19NO2. The van der Waals surface area contributed by atoms with Gasteiger partial charge in [-0.05, 0) is 36.8 Å². The summed E-state index contributed by atoms with van der Waals surface area (Å²) in [6.45, 7) is 2.00. The molecule has 0 saturated carbocycles. The Morgan fingerprint density at radius 2 is 1.79 bits per heavy atom. The van der Waals surface area contributed by atoms with Gasteiger partial charge in [-0.3, -0.25) is 0 Å². The molecule has 0 spiro atoms. The van der Waals surface area contributed by atoms with Crippen molar-refractivity contribution in [3.63, 3.8) is 0 Å². The number of rotatable bonds is 4. The molecule has 2 aromatic rings. The highest BCUT2D eigenvalue weighted by molar-refractivity contribution is 5.76. The number of hydrogen-bond donors (Lipinski definition) is 1. The van der Waals surface area contributed by atoms with Crippen LogP contribution in [0.4, 0.5) is 5.69 Å². The van der Waals surface area contributed by atoms with Crippen molar-refractivity contribution in [2.45, 2.75) is 6.92 Å². The Hall–Kier alpha value is -2.16. The van der Waals surface area contributed by atoms with Gasteiger partial charge in [0.05, 0.1) is 14.2 Å². The van der Waals surface area contributed by atoms with Crippen molar-refractivity contribution in [3.8, 4) is 22.6 Å². The lowest BCUT2D eigenvalue weighted by molar-refractivity contribution is 0.390. The van der Waals surface area contributed by atoms with Gasteiger partial charge in [0.1, 0.15) is 11.5 Å². The van der Waals surface area contributed by atoms with Crippen LogP contribution in [0.3, 0.4) is 0 Å². The molecule has 1 N–H and O–H groups in total. The maximum atomic E-state index is 5.55. The topological polar surface area (TPSA) is 30.5 Å². The Morgan fingerprint density at radius 3 is 2.42 bits per heavy atom. The molecule has 3 nitrogen and oxygen atoms in total. The molecule has 0 radical (unpaired) electrons. The zero-order valence-electron chi connectivity index (χ0n) is 11.8. The molecule has 0 heterocycles. The average molecular weight is 257 g/mol. The predicted octanol–water partition coefficient (Wildman–Crippen LogP) is 3.72. The highest BCUT2D eigenvalue weighted by Crippen LogP contribution is 2.38. The highest BCUT2D eigenvalue weighted by Gasteiger charge is 2.12.